The second kappa shape index (κ2) is 9.75. The number of fused-ring (bicyclic) bond motifs is 5. The van der Waals surface area contributed by atoms with E-state index in [9.17, 15) is 9.90 Å². The van der Waals surface area contributed by atoms with Crippen LogP contribution in [0.25, 0.3) is 0 Å². The molecule has 2 N–H and O–H groups in total. The van der Waals surface area contributed by atoms with Crippen LogP contribution in [-0.4, -0.2) is 28.9 Å². The number of phenolic OH excluding ortho intramolecular Hbond substituents is 1. The van der Waals surface area contributed by atoms with Crippen LogP contribution in [0.15, 0.2) is 42.7 Å². The number of nitrogens with zero attached hydrogens (tertiary/aromatic N) is 1. The van der Waals surface area contributed by atoms with Crippen molar-refractivity contribution in [2.24, 2.45) is 17.3 Å². The van der Waals surface area contributed by atoms with E-state index in [1.165, 1.54) is 11.1 Å². The first-order valence-corrected chi connectivity index (χ1v) is 12.1. The van der Waals surface area contributed by atoms with Gasteiger partial charge in [0, 0.05) is 24.5 Å². The Bertz CT molecular complexity index is 1010. The second-order valence-corrected chi connectivity index (χ2v) is 10.2. The van der Waals surface area contributed by atoms with Gasteiger partial charge in [0.25, 0.3) is 0 Å². The first-order chi connectivity index (χ1) is 15.5. The van der Waals surface area contributed by atoms with Crippen LogP contribution in [0.3, 0.4) is 0 Å². The van der Waals surface area contributed by atoms with Crippen molar-refractivity contribution in [3.63, 3.8) is 0 Å². The lowest BCUT2D eigenvalue weighted by molar-refractivity contribution is -0.697. The van der Waals surface area contributed by atoms with Crippen molar-refractivity contribution in [1.29, 1.82) is 0 Å². The number of ether oxygens (including phenoxy) is 1. The molecule has 0 radical (unpaired) electrons. The van der Waals surface area contributed by atoms with Crippen LogP contribution in [-0.2, 0) is 17.7 Å². The zero-order valence-electron chi connectivity index (χ0n) is 19.3. The monoisotopic (exact) mass is 515 g/mol. The third-order valence-electron chi connectivity index (χ3n) is 8.54. The number of esters is 1. The van der Waals surface area contributed by atoms with E-state index in [1.54, 1.807) is 0 Å². The topological polar surface area (TPSA) is 70.6 Å². The first-order valence-electron chi connectivity index (χ1n) is 12.1. The summed E-state index contributed by atoms with van der Waals surface area (Å²) in [4.78, 5) is 13.0. The van der Waals surface area contributed by atoms with Crippen molar-refractivity contribution < 1.29 is 41.3 Å². The maximum atomic E-state index is 13.0. The average molecular weight is 516 g/mol. The Morgan fingerprint density at radius 3 is 2.88 bits per heavy atom. The van der Waals surface area contributed by atoms with Gasteiger partial charge in [0.1, 0.15) is 17.4 Å². The number of phenols is 1. The fourth-order valence-electron chi connectivity index (χ4n) is 6.95. The van der Waals surface area contributed by atoms with Crippen LogP contribution in [0.2, 0.25) is 0 Å². The third kappa shape index (κ3) is 4.44. The van der Waals surface area contributed by atoms with Gasteiger partial charge >= 0.3 is 5.97 Å². The molecule has 178 valence electrons. The number of aromatic nitrogens is 1. The molecule has 1 aromatic carbocycles. The van der Waals surface area contributed by atoms with Crippen LogP contribution < -0.4 is 21.5 Å². The molecule has 0 unspecified atom stereocenters. The highest BCUT2D eigenvalue weighted by Gasteiger charge is 2.56. The van der Waals surface area contributed by atoms with Gasteiger partial charge in [-0.1, -0.05) is 13.0 Å². The van der Waals surface area contributed by atoms with Gasteiger partial charge in [-0.25, -0.2) is 9.36 Å². The summed E-state index contributed by atoms with van der Waals surface area (Å²) in [6, 6.07) is 9.61. The Hall–Kier alpha value is -1.92. The summed E-state index contributed by atoms with van der Waals surface area (Å²) in [5.74, 6) is 1.90. The predicted molar refractivity (Wildman–Crippen MR) is 120 cm³/mol. The average Bonchev–Trinajstić information content (AvgIpc) is 3.13. The van der Waals surface area contributed by atoms with Crippen LogP contribution in [0.5, 0.6) is 5.75 Å². The number of hydrogen-bond acceptors (Lipinski definition) is 4. The van der Waals surface area contributed by atoms with Crippen LogP contribution in [0, 0.1) is 17.3 Å². The number of aromatic hydroxyl groups is 1. The molecule has 5 rings (SSSR count). The zero-order chi connectivity index (χ0) is 22.3. The number of aliphatic hydroxyl groups excluding tert-OH is 1. The molecule has 1 heterocycles. The fourth-order valence-corrected chi connectivity index (χ4v) is 6.95. The van der Waals surface area contributed by atoms with Crippen molar-refractivity contribution in [3.8, 4) is 5.75 Å². The molecule has 0 saturated heterocycles. The molecule has 33 heavy (non-hydrogen) atoms. The van der Waals surface area contributed by atoms with Crippen molar-refractivity contribution >= 4 is 5.97 Å². The lowest BCUT2D eigenvalue weighted by Gasteiger charge is -2.50. The lowest BCUT2D eigenvalue weighted by atomic mass is 9.55. The summed E-state index contributed by atoms with van der Waals surface area (Å²) in [6.07, 6.45) is 10.8. The van der Waals surface area contributed by atoms with E-state index in [1.807, 2.05) is 41.2 Å². The summed E-state index contributed by atoms with van der Waals surface area (Å²) >= 11 is 0. The molecule has 1 aromatic heterocycles. The van der Waals surface area contributed by atoms with E-state index in [-0.39, 0.29) is 41.1 Å². The van der Waals surface area contributed by atoms with Crippen molar-refractivity contribution in [2.45, 2.75) is 70.4 Å². The summed E-state index contributed by atoms with van der Waals surface area (Å²) in [7, 11) is 0. The molecule has 2 aromatic rings. The van der Waals surface area contributed by atoms with E-state index in [4.69, 9.17) is 9.84 Å². The number of carbonyl (C=O) groups is 1. The Labute approximate surface area is 206 Å². The fraction of sp³-hybridized carbons (Fsp3) is 0.556. The van der Waals surface area contributed by atoms with Crippen molar-refractivity contribution in [2.75, 3.05) is 6.61 Å². The minimum atomic E-state index is -0.234. The number of hydrogen-bond donors (Lipinski definition) is 2. The minimum absolute atomic E-state index is 0. The minimum Gasteiger partial charge on any atom is -1.00 e. The second-order valence-electron chi connectivity index (χ2n) is 10.2. The zero-order valence-corrected chi connectivity index (χ0v) is 20.8. The largest absolute Gasteiger partial charge is 1.00 e. The standard InChI is InChI=1S/C27H33NO4.BrH/c1-27-12-11-22-21-8-6-20(30)16-18(21)5-7-23(22)24(27)9-10-25(27)32-26(31)19-4-2-13-28(17-19)14-3-15-29;/h2,4,6,8,13,16-17,22-25,29H,3,5,7,9-12,14-15H2,1H3;1H/t22-,23-,24+,25-,27+;/m1./s1. The normalized spacial score (nSPS) is 29.9. The van der Waals surface area contributed by atoms with Gasteiger partial charge in [0.2, 0.25) is 0 Å². The number of carbonyl (C=O) groups excluding carboxylic acids is 1. The molecule has 0 aliphatic heterocycles. The number of halogens is 1. The Balaban J connectivity index is 0.00000259. The van der Waals surface area contributed by atoms with Gasteiger partial charge in [0.05, 0.1) is 0 Å². The Morgan fingerprint density at radius 1 is 1.21 bits per heavy atom. The smallest absolute Gasteiger partial charge is 0.344 e. The van der Waals surface area contributed by atoms with Gasteiger partial charge in [0.15, 0.2) is 18.9 Å². The van der Waals surface area contributed by atoms with E-state index >= 15 is 0 Å². The molecular formula is C27H34BrNO4. The summed E-state index contributed by atoms with van der Waals surface area (Å²) < 4.78 is 8.10. The summed E-state index contributed by atoms with van der Waals surface area (Å²) in [5, 5.41) is 19.0. The molecule has 5 atom stereocenters. The van der Waals surface area contributed by atoms with Gasteiger partial charge in [-0.2, -0.15) is 0 Å². The van der Waals surface area contributed by atoms with Gasteiger partial charge < -0.3 is 31.9 Å². The number of pyridine rings is 1. The predicted octanol–water partition coefficient (Wildman–Crippen LogP) is 1.15. The van der Waals surface area contributed by atoms with Crippen LogP contribution >= 0.6 is 0 Å². The lowest BCUT2D eigenvalue weighted by Crippen LogP contribution is -3.00. The van der Waals surface area contributed by atoms with Crippen LogP contribution in [0.4, 0.5) is 0 Å². The van der Waals surface area contributed by atoms with E-state index in [2.05, 4.69) is 13.0 Å². The molecule has 6 heteroatoms. The highest BCUT2D eigenvalue weighted by molar-refractivity contribution is 5.88. The van der Waals surface area contributed by atoms with Crippen molar-refractivity contribution in [1.82, 2.24) is 0 Å². The molecule has 3 aliphatic rings. The van der Waals surface area contributed by atoms with Crippen molar-refractivity contribution in [3.05, 3.63) is 59.4 Å². The first kappa shape index (κ1) is 24.2. The highest BCUT2D eigenvalue weighted by atomic mass is 79.9. The molecule has 0 spiro atoms. The van der Waals surface area contributed by atoms with Gasteiger partial charge in [-0.05, 0) is 85.6 Å². The molecule has 2 fully saturated rings. The molecule has 3 aliphatic carbocycles. The molecule has 2 saturated carbocycles. The molecular weight excluding hydrogens is 482 g/mol. The number of rotatable bonds is 5. The van der Waals surface area contributed by atoms with Gasteiger partial charge in [-0.3, -0.25) is 0 Å². The molecule has 0 amide bonds. The molecule has 5 nitrogen and oxygen atoms in total. The van der Waals surface area contributed by atoms with Crippen LogP contribution in [0.1, 0.15) is 72.9 Å². The highest BCUT2D eigenvalue weighted by Crippen LogP contribution is 2.61. The Morgan fingerprint density at radius 2 is 2.06 bits per heavy atom. The maximum absolute atomic E-state index is 13.0. The van der Waals surface area contributed by atoms with E-state index < -0.39 is 0 Å². The summed E-state index contributed by atoms with van der Waals surface area (Å²) in [6.45, 7) is 3.16. The Kier molecular flexibility index (Phi) is 7.15. The van der Waals surface area contributed by atoms with E-state index in [0.29, 0.717) is 42.0 Å². The number of aliphatic hydroxyl groups is 1. The maximum Gasteiger partial charge on any atom is 0.344 e. The van der Waals surface area contributed by atoms with Gasteiger partial charge in [-0.15, -0.1) is 0 Å². The quantitative estimate of drug-likeness (QED) is 0.462. The number of benzene rings is 1. The van der Waals surface area contributed by atoms with E-state index in [0.717, 1.165) is 38.5 Å². The SMILES string of the molecule is C[C@]12CC[C@@H]3c4ccc(O)cc4CC[C@H]3[C@@H]1CC[C@H]2OC(=O)c1ccc[n+](CCCO)c1.[Br-]. The summed E-state index contributed by atoms with van der Waals surface area (Å²) in [5.41, 5.74) is 3.36. The molecule has 0 bridgehead atoms. The third-order valence-corrected chi connectivity index (χ3v) is 8.54. The number of aryl methyl sites for hydroxylation is 2.